The van der Waals surface area contributed by atoms with Gasteiger partial charge in [-0.15, -0.1) is 0 Å². The molecule has 1 aliphatic heterocycles. The van der Waals surface area contributed by atoms with E-state index in [4.69, 9.17) is 21.4 Å². The largest absolute Gasteiger partial charge is 0.552 e. The molecule has 0 radical (unpaired) electrons. The van der Waals surface area contributed by atoms with Gasteiger partial charge in [0, 0.05) is 11.3 Å². The highest BCUT2D eigenvalue weighted by atomic mass is 35.5. The molecule has 0 saturated carbocycles. The van der Waals surface area contributed by atoms with Crippen LogP contribution in [0.15, 0.2) is 18.1 Å². The Labute approximate surface area is 116 Å². The molecular weight excluding hydrogens is 268 g/mol. The van der Waals surface area contributed by atoms with Gasteiger partial charge in [0.2, 0.25) is 0 Å². The quantitative estimate of drug-likeness (QED) is 0.728. The van der Waals surface area contributed by atoms with Crippen LogP contribution < -0.4 is 9.97 Å². The number of fused-ring (bicyclic) bond motifs is 1. The molecule has 1 aromatic carbocycles. The summed E-state index contributed by atoms with van der Waals surface area (Å²) in [5, 5.41) is 20.9. The Hall–Kier alpha value is -1.66. The van der Waals surface area contributed by atoms with Gasteiger partial charge in [-0.3, -0.25) is 5.32 Å². The zero-order valence-corrected chi connectivity index (χ0v) is 11.2. The summed E-state index contributed by atoms with van der Waals surface area (Å²) in [6.07, 6.45) is -1.16. The topological polar surface area (TPSA) is 78.8 Å². The zero-order chi connectivity index (χ0) is 14.2. The first kappa shape index (κ1) is 13.8. The van der Waals surface area contributed by atoms with Crippen molar-refractivity contribution in [1.29, 1.82) is 0 Å². The minimum Gasteiger partial charge on any atom is -0.531 e. The smallest absolute Gasteiger partial charge is 0.531 e. The standard InChI is InChI=1S/C12H13BClNO4/c1-6(2)9-5-13(18)19-11-8(9)3-7(4-10(11)14)15-12(16)17/h3-6,15,18H,1-2H3,(H,16,17). The lowest BCUT2D eigenvalue weighted by molar-refractivity contribution is 0.209. The third-order valence-electron chi connectivity index (χ3n) is 2.79. The van der Waals surface area contributed by atoms with E-state index in [1.807, 2.05) is 13.8 Å². The predicted molar refractivity (Wildman–Crippen MR) is 74.5 cm³/mol. The SMILES string of the molecule is CC(C)C1=CB(O)Oc2c(Cl)cc(NC(=O)O)cc21. The second kappa shape index (κ2) is 5.15. The van der Waals surface area contributed by atoms with Gasteiger partial charge >= 0.3 is 13.2 Å². The molecule has 19 heavy (non-hydrogen) atoms. The Morgan fingerprint density at radius 3 is 2.74 bits per heavy atom. The lowest BCUT2D eigenvalue weighted by Gasteiger charge is -2.24. The van der Waals surface area contributed by atoms with Gasteiger partial charge in [-0.1, -0.05) is 25.4 Å². The second-order valence-corrected chi connectivity index (χ2v) is 4.96. The average Bonchev–Trinajstić information content (AvgIpc) is 2.28. The van der Waals surface area contributed by atoms with Crippen LogP contribution in [0.3, 0.4) is 0 Å². The number of carbonyl (C=O) groups is 1. The summed E-state index contributed by atoms with van der Waals surface area (Å²) >= 11 is 6.07. The Bertz CT molecular complexity index is 559. The van der Waals surface area contributed by atoms with E-state index < -0.39 is 13.2 Å². The molecule has 3 N–H and O–H groups in total. The van der Waals surface area contributed by atoms with Gasteiger partial charge in [-0.25, -0.2) is 4.79 Å². The molecule has 0 aliphatic carbocycles. The average molecular weight is 282 g/mol. The summed E-state index contributed by atoms with van der Waals surface area (Å²) in [7, 11) is -1.04. The molecular formula is C12H13BClNO4. The van der Waals surface area contributed by atoms with Crippen molar-refractivity contribution < 1.29 is 19.6 Å². The summed E-state index contributed by atoms with van der Waals surface area (Å²) in [5.74, 6) is 2.11. The van der Waals surface area contributed by atoms with Crippen LogP contribution in [0.2, 0.25) is 5.02 Å². The Morgan fingerprint density at radius 2 is 2.16 bits per heavy atom. The van der Waals surface area contributed by atoms with Gasteiger partial charge in [0.05, 0.1) is 5.02 Å². The number of rotatable bonds is 2. The predicted octanol–water partition coefficient (Wildman–Crippen LogP) is 2.88. The van der Waals surface area contributed by atoms with Crippen molar-refractivity contribution in [3.63, 3.8) is 0 Å². The fraction of sp³-hybridized carbons (Fsp3) is 0.250. The maximum absolute atomic E-state index is 10.7. The van der Waals surface area contributed by atoms with Gasteiger partial charge in [-0.2, -0.15) is 0 Å². The summed E-state index contributed by atoms with van der Waals surface area (Å²) < 4.78 is 5.27. The summed E-state index contributed by atoms with van der Waals surface area (Å²) in [6.45, 7) is 3.94. The second-order valence-electron chi connectivity index (χ2n) is 4.55. The van der Waals surface area contributed by atoms with Crippen molar-refractivity contribution in [2.45, 2.75) is 13.8 Å². The highest BCUT2D eigenvalue weighted by Gasteiger charge is 2.27. The fourth-order valence-electron chi connectivity index (χ4n) is 2.02. The molecule has 0 saturated heterocycles. The molecule has 1 aromatic rings. The molecule has 1 amide bonds. The number of amides is 1. The molecule has 1 heterocycles. The molecule has 1 aliphatic rings. The minimum atomic E-state index is -1.16. The fourth-order valence-corrected chi connectivity index (χ4v) is 2.29. The van der Waals surface area contributed by atoms with Crippen LogP contribution >= 0.6 is 11.6 Å². The number of carboxylic acid groups (broad SMARTS) is 1. The van der Waals surface area contributed by atoms with E-state index in [-0.39, 0.29) is 10.9 Å². The van der Waals surface area contributed by atoms with Crippen molar-refractivity contribution in [2.24, 2.45) is 5.92 Å². The molecule has 7 heteroatoms. The zero-order valence-electron chi connectivity index (χ0n) is 10.5. The maximum Gasteiger partial charge on any atom is 0.552 e. The normalized spacial score (nSPS) is 13.7. The van der Waals surface area contributed by atoms with Crippen LogP contribution in [0, 0.1) is 5.92 Å². The molecule has 0 aromatic heterocycles. The van der Waals surface area contributed by atoms with Crippen LogP contribution in [-0.4, -0.2) is 23.3 Å². The summed E-state index contributed by atoms with van der Waals surface area (Å²) in [6, 6.07) is 3.09. The Balaban J connectivity index is 2.53. The van der Waals surface area contributed by atoms with Gasteiger partial charge in [0.1, 0.15) is 5.75 Å². The number of anilines is 1. The minimum absolute atomic E-state index is 0.147. The van der Waals surface area contributed by atoms with E-state index in [2.05, 4.69) is 5.32 Å². The lowest BCUT2D eigenvalue weighted by Crippen LogP contribution is -2.25. The van der Waals surface area contributed by atoms with Gasteiger partial charge in [0.25, 0.3) is 0 Å². The molecule has 0 fully saturated rings. The third-order valence-corrected chi connectivity index (χ3v) is 3.07. The first-order chi connectivity index (χ1) is 8.88. The number of benzene rings is 1. The molecule has 100 valence electrons. The molecule has 0 unspecified atom stereocenters. The van der Waals surface area contributed by atoms with E-state index in [1.165, 1.54) is 6.07 Å². The van der Waals surface area contributed by atoms with Crippen LogP contribution in [-0.2, 0) is 0 Å². The monoisotopic (exact) mass is 281 g/mol. The van der Waals surface area contributed by atoms with Crippen LogP contribution in [0.4, 0.5) is 10.5 Å². The first-order valence-electron chi connectivity index (χ1n) is 5.78. The number of nitrogens with one attached hydrogen (secondary N) is 1. The molecule has 5 nitrogen and oxygen atoms in total. The van der Waals surface area contributed by atoms with Gasteiger partial charge in [0.15, 0.2) is 0 Å². The van der Waals surface area contributed by atoms with Gasteiger partial charge in [-0.05, 0) is 29.6 Å². The van der Waals surface area contributed by atoms with E-state index >= 15 is 0 Å². The molecule has 0 atom stereocenters. The van der Waals surface area contributed by atoms with E-state index in [0.29, 0.717) is 17.0 Å². The van der Waals surface area contributed by atoms with E-state index in [9.17, 15) is 9.82 Å². The van der Waals surface area contributed by atoms with Crippen molar-refractivity contribution in [3.05, 3.63) is 28.7 Å². The number of halogens is 1. The molecule has 0 spiro atoms. The Morgan fingerprint density at radius 1 is 1.47 bits per heavy atom. The highest BCUT2D eigenvalue weighted by molar-refractivity contribution is 6.53. The van der Waals surface area contributed by atoms with Gasteiger partial charge < -0.3 is 14.8 Å². The van der Waals surface area contributed by atoms with Crippen molar-refractivity contribution in [2.75, 3.05) is 5.32 Å². The highest BCUT2D eigenvalue weighted by Crippen LogP contribution is 2.41. The van der Waals surface area contributed by atoms with Crippen molar-refractivity contribution in [1.82, 2.24) is 0 Å². The van der Waals surface area contributed by atoms with Crippen LogP contribution in [0.1, 0.15) is 19.4 Å². The number of hydrogen-bond acceptors (Lipinski definition) is 3. The third kappa shape index (κ3) is 2.85. The summed E-state index contributed by atoms with van der Waals surface area (Å²) in [4.78, 5) is 10.7. The summed E-state index contributed by atoms with van der Waals surface area (Å²) in [5.41, 5.74) is 1.92. The van der Waals surface area contributed by atoms with Crippen LogP contribution in [0.25, 0.3) is 5.57 Å². The lowest BCUT2D eigenvalue weighted by atomic mass is 9.78. The molecule has 2 rings (SSSR count). The van der Waals surface area contributed by atoms with E-state index in [0.717, 1.165) is 5.57 Å². The van der Waals surface area contributed by atoms with Crippen LogP contribution in [0.5, 0.6) is 5.75 Å². The van der Waals surface area contributed by atoms with Crippen molar-refractivity contribution in [3.8, 4) is 5.75 Å². The first-order valence-corrected chi connectivity index (χ1v) is 6.16. The van der Waals surface area contributed by atoms with Crippen molar-refractivity contribution >= 4 is 36.1 Å². The Kier molecular flexibility index (Phi) is 3.73. The molecule has 0 bridgehead atoms. The number of allylic oxidation sites excluding steroid dienone is 1. The maximum atomic E-state index is 10.7. The number of hydrogen-bond donors (Lipinski definition) is 3. The van der Waals surface area contributed by atoms with E-state index in [1.54, 1.807) is 12.0 Å².